The number of hydrogen-bond acceptors (Lipinski definition) is 13. The molecule has 0 unspecified atom stereocenters. The minimum Gasteiger partial charge on any atom is -0.492 e. The molecule has 1 aliphatic carbocycles. The lowest BCUT2D eigenvalue weighted by Crippen LogP contribution is -2.43. The quantitative estimate of drug-likeness (QED) is 0.103. The van der Waals surface area contributed by atoms with E-state index >= 15 is 0 Å². The van der Waals surface area contributed by atoms with Gasteiger partial charge in [0.05, 0.1) is 6.61 Å². The fourth-order valence-corrected chi connectivity index (χ4v) is 7.77. The zero-order valence-corrected chi connectivity index (χ0v) is 41.9. The molecule has 4 rings (SSSR count). The van der Waals surface area contributed by atoms with Crippen LogP contribution in [0.25, 0.3) is 10.8 Å². The third kappa shape index (κ3) is 15.6. The Balaban J connectivity index is 1.60. The Bertz CT molecular complexity index is 2120. The van der Waals surface area contributed by atoms with E-state index in [4.69, 9.17) is 33.2 Å². The first-order valence-electron chi connectivity index (χ1n) is 22.9. The molecule has 0 saturated carbocycles. The number of amides is 4. The van der Waals surface area contributed by atoms with E-state index in [0.29, 0.717) is 29.7 Å². The van der Waals surface area contributed by atoms with Gasteiger partial charge in [-0.25, -0.2) is 19.2 Å². The van der Waals surface area contributed by atoms with Crippen molar-refractivity contribution in [1.29, 1.82) is 0 Å². The summed E-state index contributed by atoms with van der Waals surface area (Å²) >= 11 is 0. The summed E-state index contributed by atoms with van der Waals surface area (Å²) in [7, 11) is 0. The Labute approximate surface area is 390 Å². The molecule has 2 aromatic rings. The minimum absolute atomic E-state index is 0.0423. The van der Waals surface area contributed by atoms with Gasteiger partial charge in [-0.05, 0) is 132 Å². The molecule has 2 N–H and O–H groups in total. The largest absolute Gasteiger partial charge is 0.492 e. The number of carbonyl (C=O) groups is 6. The van der Waals surface area contributed by atoms with Crippen molar-refractivity contribution < 1.29 is 61.9 Å². The van der Waals surface area contributed by atoms with Gasteiger partial charge in [-0.3, -0.25) is 19.4 Å². The van der Waals surface area contributed by atoms with E-state index < -0.39 is 58.7 Å². The summed E-state index contributed by atoms with van der Waals surface area (Å²) < 4.78 is 40.6. The lowest BCUT2D eigenvalue weighted by molar-refractivity contribution is -0.157. The van der Waals surface area contributed by atoms with Crippen LogP contribution < -0.4 is 24.8 Å². The number of carbonyl (C=O) groups excluding carboxylic acids is 6. The highest BCUT2D eigenvalue weighted by Crippen LogP contribution is 2.55. The van der Waals surface area contributed by atoms with E-state index in [1.54, 1.807) is 83.1 Å². The predicted molar refractivity (Wildman–Crippen MR) is 248 cm³/mol. The second-order valence-corrected chi connectivity index (χ2v) is 21.7. The smallest absolute Gasteiger partial charge is 0.412 e. The molecule has 368 valence electrons. The van der Waals surface area contributed by atoms with Crippen molar-refractivity contribution in [2.45, 2.75) is 170 Å². The van der Waals surface area contributed by atoms with E-state index in [9.17, 15) is 28.8 Å². The van der Waals surface area contributed by atoms with Crippen LogP contribution >= 0.6 is 0 Å². The van der Waals surface area contributed by atoms with Crippen LogP contribution in [-0.2, 0) is 40.4 Å². The van der Waals surface area contributed by atoms with E-state index in [-0.39, 0.29) is 74.9 Å². The molecule has 0 aromatic heterocycles. The monoisotopic (exact) mass is 927 g/mol. The highest BCUT2D eigenvalue weighted by Gasteiger charge is 2.38. The van der Waals surface area contributed by atoms with Crippen molar-refractivity contribution in [3.05, 3.63) is 28.8 Å². The van der Waals surface area contributed by atoms with Gasteiger partial charge < -0.3 is 43.8 Å². The summed E-state index contributed by atoms with van der Waals surface area (Å²) in [6.07, 6.45) is -0.113. The Hall–Kier alpha value is -5.48. The van der Waals surface area contributed by atoms with E-state index in [1.165, 1.54) is 9.80 Å². The topological polar surface area (TPSA) is 198 Å². The fraction of sp³-hybridized carbons (Fsp3) is 0.673. The molecule has 17 heteroatoms. The maximum atomic E-state index is 13.9. The third-order valence-corrected chi connectivity index (χ3v) is 10.3. The maximum absolute atomic E-state index is 13.9. The van der Waals surface area contributed by atoms with Crippen molar-refractivity contribution in [2.24, 2.45) is 0 Å². The van der Waals surface area contributed by atoms with Crippen LogP contribution in [0.3, 0.4) is 0 Å². The summed E-state index contributed by atoms with van der Waals surface area (Å²) in [5, 5.41) is 6.85. The van der Waals surface area contributed by atoms with Gasteiger partial charge in [0, 0.05) is 48.4 Å². The van der Waals surface area contributed by atoms with E-state index in [0.717, 1.165) is 29.4 Å². The Morgan fingerprint density at radius 3 is 1.59 bits per heavy atom. The van der Waals surface area contributed by atoms with Crippen LogP contribution in [0.1, 0.15) is 152 Å². The number of nitrogens with zero attached hydrogens (tertiary/aromatic N) is 2. The average molecular weight is 927 g/mol. The molecule has 0 fully saturated rings. The van der Waals surface area contributed by atoms with Crippen molar-refractivity contribution in [2.75, 3.05) is 45.9 Å². The Morgan fingerprint density at radius 2 is 1.14 bits per heavy atom. The molecule has 1 atom stereocenters. The van der Waals surface area contributed by atoms with Crippen LogP contribution in [0.5, 0.6) is 17.2 Å². The zero-order chi connectivity index (χ0) is 49.6. The highest BCUT2D eigenvalue weighted by molar-refractivity contribution is 6.03. The Kier molecular flexibility index (Phi) is 16.9. The molecular weight excluding hydrogens is 853 g/mol. The molecule has 17 nitrogen and oxygen atoms in total. The second-order valence-electron chi connectivity index (χ2n) is 21.7. The number of aryl methyl sites for hydroxylation is 1. The predicted octanol–water partition coefficient (Wildman–Crippen LogP) is 9.06. The lowest BCUT2D eigenvalue weighted by atomic mass is 9.71. The number of fused-ring (bicyclic) bond motifs is 5. The molecule has 0 bridgehead atoms. The first kappa shape index (κ1) is 53.1. The van der Waals surface area contributed by atoms with Gasteiger partial charge in [0.25, 0.3) is 0 Å². The van der Waals surface area contributed by atoms with E-state index in [1.807, 2.05) is 13.0 Å². The number of esters is 2. The van der Waals surface area contributed by atoms with Crippen molar-refractivity contribution in [1.82, 2.24) is 20.4 Å². The number of ether oxygens (including phenoxy) is 7. The normalized spacial score (nSPS) is 15.6. The minimum atomic E-state index is -0.839. The molecular formula is C49H74N4O13. The number of hydrogen-bond donors (Lipinski definition) is 2. The van der Waals surface area contributed by atoms with Gasteiger partial charge in [0.15, 0.2) is 11.5 Å². The molecule has 1 aliphatic heterocycles. The molecule has 4 amide bonds. The van der Waals surface area contributed by atoms with Crippen LogP contribution in [0.15, 0.2) is 12.1 Å². The van der Waals surface area contributed by atoms with Crippen LogP contribution in [0, 0.1) is 0 Å². The summed E-state index contributed by atoms with van der Waals surface area (Å²) in [5.74, 6) is -0.805. The third-order valence-electron chi connectivity index (χ3n) is 10.3. The maximum Gasteiger partial charge on any atom is 0.412 e. The number of rotatable bonds is 14. The summed E-state index contributed by atoms with van der Waals surface area (Å²) in [6, 6.07) is 4.06. The van der Waals surface area contributed by atoms with Gasteiger partial charge in [-0.1, -0.05) is 32.9 Å². The van der Waals surface area contributed by atoms with Gasteiger partial charge in [-0.2, -0.15) is 0 Å². The van der Waals surface area contributed by atoms with Gasteiger partial charge in [-0.15, -0.1) is 0 Å². The standard InChI is InChI=1S/C49H74N4O13/c1-30-29-60-38-32-20-21-33-31(19-16-22-49(33,14)15)37(32)40(62-42(57)51-24-18-26-53(44(59)66-48(11,12)13)28-35(55)64-46(5,6)7)39(36(30)38)61-41(56)50-23-17-25-52(43(58)65-47(8,9)10)27-34(54)63-45(2,3)4/h20-21,30H,16-19,22-29H2,1-15H3,(H,50,56)(H,51,57)/t30-/m0/s1. The number of nitrogens with one attached hydrogen (secondary N) is 2. The Morgan fingerprint density at radius 1 is 0.682 bits per heavy atom. The first-order valence-corrected chi connectivity index (χ1v) is 22.9. The average Bonchev–Trinajstić information content (AvgIpc) is 3.53. The van der Waals surface area contributed by atoms with Crippen molar-refractivity contribution in [3.8, 4) is 17.2 Å². The molecule has 66 heavy (non-hydrogen) atoms. The molecule has 1 heterocycles. The molecule has 2 aliphatic rings. The molecule has 0 radical (unpaired) electrons. The van der Waals surface area contributed by atoms with E-state index in [2.05, 4.69) is 30.5 Å². The van der Waals surface area contributed by atoms with Gasteiger partial charge in [0.1, 0.15) is 41.2 Å². The van der Waals surface area contributed by atoms with Crippen molar-refractivity contribution >= 4 is 47.1 Å². The molecule has 0 saturated heterocycles. The van der Waals surface area contributed by atoms with Crippen LogP contribution in [0.2, 0.25) is 0 Å². The summed E-state index contributed by atoms with van der Waals surface area (Å²) in [6.45, 7) is 26.8. The molecule has 0 spiro atoms. The van der Waals surface area contributed by atoms with Crippen molar-refractivity contribution in [3.63, 3.8) is 0 Å². The SMILES string of the molecule is C[C@H]1COc2c1c(OC(=O)NCCCN(CC(=O)OC(C)(C)C)C(=O)OC(C)(C)C)c(OC(=O)NCCCN(CC(=O)OC(C)(C)C)C(=O)OC(C)(C)C)c1c3c(ccc21)C(C)(C)CCC3. The van der Waals surface area contributed by atoms with Crippen LogP contribution in [-0.4, -0.2) is 114 Å². The second kappa shape index (κ2) is 21.0. The molecule has 2 aromatic carbocycles. The first-order chi connectivity index (χ1) is 30.3. The van der Waals surface area contributed by atoms with Crippen LogP contribution in [0.4, 0.5) is 19.2 Å². The lowest BCUT2D eigenvalue weighted by Gasteiger charge is -2.34. The summed E-state index contributed by atoms with van der Waals surface area (Å²) in [5.41, 5.74) is -0.731. The zero-order valence-electron chi connectivity index (χ0n) is 41.9. The summed E-state index contributed by atoms with van der Waals surface area (Å²) in [4.78, 5) is 81.8. The highest BCUT2D eigenvalue weighted by atomic mass is 16.6. The number of benzene rings is 2. The van der Waals surface area contributed by atoms with Gasteiger partial charge in [0.2, 0.25) is 0 Å². The fourth-order valence-electron chi connectivity index (χ4n) is 7.77. The van der Waals surface area contributed by atoms with Gasteiger partial charge >= 0.3 is 36.3 Å².